The molecule has 1 aromatic carbocycles. The van der Waals surface area contributed by atoms with Crippen molar-refractivity contribution in [3.8, 4) is 0 Å². The summed E-state index contributed by atoms with van der Waals surface area (Å²) in [6, 6.07) is 11.5. The number of hydrogen-bond acceptors (Lipinski definition) is 3. The average Bonchev–Trinajstić information content (AvgIpc) is 3.51. The SMILES string of the molecule is CCCCCCC[n+]1ccn(CCO[P@]2N(c3ccccc3)C[C@@H]3CCCN32)c1.F[B-](F)(F)F. The third-order valence-electron chi connectivity index (χ3n) is 6.03. The highest BCUT2D eigenvalue weighted by Gasteiger charge is 2.43. The Bertz CT molecular complexity index is 836. The molecular formula is C23H36BF4N4OP. The smallest absolute Gasteiger partial charge is 0.418 e. The van der Waals surface area contributed by atoms with Crippen LogP contribution in [0.4, 0.5) is 23.0 Å². The van der Waals surface area contributed by atoms with Crippen molar-refractivity contribution in [3.05, 3.63) is 49.1 Å². The number of fused-ring (bicyclic) bond motifs is 1. The monoisotopic (exact) mass is 502 g/mol. The molecular weight excluding hydrogens is 466 g/mol. The van der Waals surface area contributed by atoms with Gasteiger partial charge in [0.1, 0.15) is 18.9 Å². The zero-order chi connectivity index (χ0) is 24.4. The molecule has 4 rings (SSSR count). The molecule has 2 aliphatic rings. The van der Waals surface area contributed by atoms with E-state index in [-0.39, 0.29) is 0 Å². The summed E-state index contributed by atoms with van der Waals surface area (Å²) < 4.78 is 55.2. The number of nitrogens with zero attached hydrogens (tertiary/aromatic N) is 4. The molecule has 0 bridgehead atoms. The van der Waals surface area contributed by atoms with Crippen LogP contribution < -0.4 is 9.24 Å². The van der Waals surface area contributed by atoms with E-state index in [0.29, 0.717) is 6.04 Å². The van der Waals surface area contributed by atoms with Gasteiger partial charge in [-0.15, -0.1) is 0 Å². The predicted octanol–water partition coefficient (Wildman–Crippen LogP) is 6.27. The molecule has 2 saturated heterocycles. The lowest BCUT2D eigenvalue weighted by Crippen LogP contribution is -2.31. The second-order valence-electron chi connectivity index (χ2n) is 8.76. The van der Waals surface area contributed by atoms with Crippen LogP contribution in [0.2, 0.25) is 0 Å². The molecule has 2 aliphatic heterocycles. The van der Waals surface area contributed by atoms with Gasteiger partial charge < -0.3 is 26.5 Å². The van der Waals surface area contributed by atoms with Gasteiger partial charge >= 0.3 is 7.25 Å². The molecule has 34 heavy (non-hydrogen) atoms. The van der Waals surface area contributed by atoms with E-state index in [9.17, 15) is 17.3 Å². The summed E-state index contributed by atoms with van der Waals surface area (Å²) in [7, 11) is -6.68. The minimum absolute atomic E-state index is 0.669. The number of aryl methyl sites for hydroxylation is 1. The molecule has 2 fully saturated rings. The normalized spacial score (nSPS) is 20.3. The highest BCUT2D eigenvalue weighted by atomic mass is 31.2. The van der Waals surface area contributed by atoms with Crippen molar-refractivity contribution in [2.24, 2.45) is 0 Å². The van der Waals surface area contributed by atoms with Crippen LogP contribution in [-0.2, 0) is 17.6 Å². The molecule has 0 aliphatic carbocycles. The number of imidazole rings is 1. The minimum atomic E-state index is -6.00. The molecule has 5 nitrogen and oxygen atoms in total. The van der Waals surface area contributed by atoms with Gasteiger partial charge in [0.2, 0.25) is 14.8 Å². The molecule has 2 aromatic rings. The van der Waals surface area contributed by atoms with E-state index in [2.05, 4.69) is 74.5 Å². The van der Waals surface area contributed by atoms with Gasteiger partial charge in [0, 0.05) is 24.8 Å². The van der Waals surface area contributed by atoms with Crippen molar-refractivity contribution >= 4 is 21.4 Å². The molecule has 0 spiro atoms. The van der Waals surface area contributed by atoms with Gasteiger partial charge in [0.25, 0.3) is 0 Å². The molecule has 0 amide bonds. The summed E-state index contributed by atoms with van der Waals surface area (Å²) in [6.07, 6.45) is 15.9. The fraction of sp³-hybridized carbons (Fsp3) is 0.609. The molecule has 11 heteroatoms. The lowest BCUT2D eigenvalue weighted by atomic mass is 10.1. The first kappa shape index (κ1) is 27.0. The lowest BCUT2D eigenvalue weighted by Gasteiger charge is -2.28. The van der Waals surface area contributed by atoms with E-state index >= 15 is 0 Å². The number of aromatic nitrogens is 2. The van der Waals surface area contributed by atoms with Gasteiger partial charge in [-0.2, -0.15) is 0 Å². The topological polar surface area (TPSA) is 24.5 Å². The van der Waals surface area contributed by atoms with Gasteiger partial charge in [-0.25, -0.2) is 13.8 Å². The van der Waals surface area contributed by atoms with E-state index in [1.54, 1.807) is 0 Å². The Morgan fingerprint density at radius 3 is 2.56 bits per heavy atom. The third kappa shape index (κ3) is 8.86. The van der Waals surface area contributed by atoms with Gasteiger partial charge in [0.05, 0.1) is 13.2 Å². The van der Waals surface area contributed by atoms with Crippen molar-refractivity contribution in [2.75, 3.05) is 24.4 Å². The van der Waals surface area contributed by atoms with Crippen LogP contribution in [0.15, 0.2) is 49.1 Å². The Hall–Kier alpha value is -1.64. The molecule has 3 heterocycles. The first-order valence-corrected chi connectivity index (χ1v) is 13.5. The minimum Gasteiger partial charge on any atom is -0.418 e. The van der Waals surface area contributed by atoms with Crippen LogP contribution in [0.1, 0.15) is 51.9 Å². The van der Waals surface area contributed by atoms with Crippen LogP contribution in [0.5, 0.6) is 0 Å². The number of benzene rings is 1. The average molecular weight is 502 g/mol. The Kier molecular flexibility index (Phi) is 10.7. The summed E-state index contributed by atoms with van der Waals surface area (Å²) in [5.41, 5.74) is 1.30. The van der Waals surface area contributed by atoms with Crippen LogP contribution in [0, 0.1) is 0 Å². The standard InChI is InChI=1S/C23H36N4OP.BF4/c1-2-3-4-5-9-14-24-16-17-25(21-24)18-19-28-29-26-15-10-13-23(26)20-27(29)22-11-7-6-8-12-22;2-1(3,4)5/h6-8,11-12,16-17,21,23H,2-5,9-10,13-15,18-20H2,1H3;/q+1;-1/t23-,29-;/m0./s1. The largest absolute Gasteiger partial charge is 0.673 e. The highest BCUT2D eigenvalue weighted by Crippen LogP contribution is 2.56. The number of para-hydroxylation sites is 1. The van der Waals surface area contributed by atoms with Gasteiger partial charge in [-0.05, 0) is 37.8 Å². The van der Waals surface area contributed by atoms with Gasteiger partial charge in [-0.1, -0.05) is 44.4 Å². The van der Waals surface area contributed by atoms with Crippen molar-refractivity contribution in [1.29, 1.82) is 0 Å². The third-order valence-corrected chi connectivity index (χ3v) is 8.22. The van der Waals surface area contributed by atoms with Crippen molar-refractivity contribution < 1.29 is 26.4 Å². The predicted molar refractivity (Wildman–Crippen MR) is 130 cm³/mol. The number of unbranched alkanes of at least 4 members (excludes halogenated alkanes) is 4. The summed E-state index contributed by atoms with van der Waals surface area (Å²) in [4.78, 5) is 0. The fourth-order valence-electron chi connectivity index (χ4n) is 4.42. The van der Waals surface area contributed by atoms with E-state index in [0.717, 1.165) is 26.2 Å². The summed E-state index contributed by atoms with van der Waals surface area (Å²) in [5, 5.41) is 0. The number of halogens is 4. The molecule has 190 valence electrons. The maximum Gasteiger partial charge on any atom is 0.673 e. The van der Waals surface area contributed by atoms with Crippen LogP contribution in [0.3, 0.4) is 0 Å². The first-order chi connectivity index (χ1) is 16.3. The van der Waals surface area contributed by atoms with E-state index in [1.165, 1.54) is 57.2 Å². The Morgan fingerprint density at radius 1 is 1.09 bits per heavy atom. The van der Waals surface area contributed by atoms with E-state index in [1.807, 2.05) is 0 Å². The van der Waals surface area contributed by atoms with Gasteiger partial charge in [0.15, 0.2) is 0 Å². The Labute approximate surface area is 201 Å². The second-order valence-corrected chi connectivity index (χ2v) is 10.5. The fourth-order valence-corrected chi connectivity index (χ4v) is 6.67. The van der Waals surface area contributed by atoms with Crippen molar-refractivity contribution in [1.82, 2.24) is 9.24 Å². The molecule has 2 atom stereocenters. The molecule has 0 saturated carbocycles. The van der Waals surface area contributed by atoms with Crippen LogP contribution >= 0.6 is 8.45 Å². The van der Waals surface area contributed by atoms with Crippen molar-refractivity contribution in [3.63, 3.8) is 0 Å². The number of anilines is 1. The Morgan fingerprint density at radius 2 is 1.82 bits per heavy atom. The molecule has 1 aromatic heterocycles. The summed E-state index contributed by atoms with van der Waals surface area (Å²) in [5.74, 6) is 0. The summed E-state index contributed by atoms with van der Waals surface area (Å²) in [6.45, 7) is 7.37. The van der Waals surface area contributed by atoms with Crippen LogP contribution in [0.25, 0.3) is 0 Å². The number of hydrogen-bond donors (Lipinski definition) is 0. The van der Waals surface area contributed by atoms with Crippen LogP contribution in [-0.4, -0.2) is 42.2 Å². The summed E-state index contributed by atoms with van der Waals surface area (Å²) >= 11 is 0. The quantitative estimate of drug-likeness (QED) is 0.119. The maximum absolute atomic E-state index is 9.75. The second kappa shape index (κ2) is 13.5. The lowest BCUT2D eigenvalue weighted by molar-refractivity contribution is -0.696. The Balaban J connectivity index is 0.000000588. The number of rotatable bonds is 11. The van der Waals surface area contributed by atoms with E-state index < -0.39 is 15.7 Å². The molecule has 0 radical (unpaired) electrons. The molecule has 0 N–H and O–H groups in total. The maximum atomic E-state index is 9.75. The zero-order valence-corrected chi connectivity index (χ0v) is 20.8. The van der Waals surface area contributed by atoms with Gasteiger partial charge in [-0.3, -0.25) is 0 Å². The van der Waals surface area contributed by atoms with E-state index in [4.69, 9.17) is 4.52 Å². The molecule has 0 unspecified atom stereocenters. The van der Waals surface area contributed by atoms with Crippen molar-refractivity contribution in [2.45, 2.75) is 71.0 Å². The highest BCUT2D eigenvalue weighted by molar-refractivity contribution is 7.52. The zero-order valence-electron chi connectivity index (χ0n) is 19.9. The first-order valence-electron chi connectivity index (χ1n) is 12.3.